The summed E-state index contributed by atoms with van der Waals surface area (Å²) in [6.07, 6.45) is 1.71. The molecule has 0 aliphatic rings. The van der Waals surface area contributed by atoms with Crippen LogP contribution in [-0.2, 0) is 10.5 Å². The van der Waals surface area contributed by atoms with Gasteiger partial charge in [0, 0.05) is 23.4 Å². The number of carbonyl (C=O) groups excluding carboxylic acids is 1. The quantitative estimate of drug-likeness (QED) is 0.552. The predicted molar refractivity (Wildman–Crippen MR) is 108 cm³/mol. The van der Waals surface area contributed by atoms with Gasteiger partial charge in [0.25, 0.3) is 5.56 Å². The number of hydrogen-bond acceptors (Lipinski definition) is 7. The number of thiazole rings is 2. The van der Waals surface area contributed by atoms with Crippen LogP contribution in [0.4, 0.5) is 5.13 Å². The molecule has 3 aromatic heterocycles. The summed E-state index contributed by atoms with van der Waals surface area (Å²) in [7, 11) is 0. The van der Waals surface area contributed by atoms with Gasteiger partial charge in [0.05, 0.1) is 21.7 Å². The lowest BCUT2D eigenvalue weighted by Gasteiger charge is -2.02. The Bertz CT molecular complexity index is 1160. The lowest BCUT2D eigenvalue weighted by Crippen LogP contribution is -2.15. The second-order valence-electron chi connectivity index (χ2n) is 5.67. The highest BCUT2D eigenvalue weighted by Crippen LogP contribution is 2.26. The fraction of sp³-hybridized carbons (Fsp3) is 0.176. The first kappa shape index (κ1) is 17.2. The highest BCUT2D eigenvalue weighted by atomic mass is 32.2. The second kappa shape index (κ2) is 7.18. The smallest absolute Gasteiger partial charge is 0.258 e. The molecule has 26 heavy (non-hydrogen) atoms. The molecule has 3 heterocycles. The number of thioether (sulfide) groups is 1. The molecule has 0 spiro atoms. The third-order valence-corrected chi connectivity index (χ3v) is 6.29. The predicted octanol–water partition coefficient (Wildman–Crippen LogP) is 3.55. The molecule has 0 saturated heterocycles. The topological polar surface area (TPSA) is 76.4 Å². The number of amides is 1. The number of hydrogen-bond donors (Lipinski definition) is 1. The first-order valence-electron chi connectivity index (χ1n) is 7.79. The van der Waals surface area contributed by atoms with Crippen LogP contribution in [0.25, 0.3) is 15.2 Å². The molecule has 9 heteroatoms. The largest absolute Gasteiger partial charge is 0.301 e. The van der Waals surface area contributed by atoms with Gasteiger partial charge in [-0.3, -0.25) is 14.0 Å². The van der Waals surface area contributed by atoms with E-state index in [0.717, 1.165) is 10.2 Å². The third kappa shape index (κ3) is 3.64. The second-order valence-corrected chi connectivity index (χ2v) is 8.56. The van der Waals surface area contributed by atoms with Crippen LogP contribution in [-0.4, -0.2) is 26.0 Å². The van der Waals surface area contributed by atoms with E-state index >= 15 is 0 Å². The van der Waals surface area contributed by atoms with Gasteiger partial charge in [-0.05, 0) is 24.6 Å². The molecule has 0 aliphatic heterocycles. The summed E-state index contributed by atoms with van der Waals surface area (Å²) in [5.41, 5.74) is 2.64. The number of aryl methyl sites for hydroxylation is 1. The SMILES string of the molecule is Cc1ccc2nc(NC(=O)CSCc3cc(=O)n4ccsc4n3)sc2c1. The first-order valence-corrected chi connectivity index (χ1v) is 10.6. The van der Waals surface area contributed by atoms with E-state index in [9.17, 15) is 9.59 Å². The van der Waals surface area contributed by atoms with Crippen LogP contribution in [0.5, 0.6) is 0 Å². The van der Waals surface area contributed by atoms with Crippen molar-refractivity contribution in [2.24, 2.45) is 0 Å². The first-order chi connectivity index (χ1) is 12.6. The standard InChI is InChI=1S/C17H14N4O2S3/c1-10-2-3-12-13(6-10)26-16(19-12)20-14(22)9-24-8-11-7-15(23)21-4-5-25-17(21)18-11/h2-7H,8-9H2,1H3,(H,19,20,22). The van der Waals surface area contributed by atoms with Crippen molar-refractivity contribution in [3.63, 3.8) is 0 Å². The Hall–Kier alpha value is -2.23. The van der Waals surface area contributed by atoms with Gasteiger partial charge in [-0.2, -0.15) is 0 Å². The molecule has 0 bridgehead atoms. The van der Waals surface area contributed by atoms with Crippen molar-refractivity contribution in [1.82, 2.24) is 14.4 Å². The molecule has 0 saturated carbocycles. The molecular weight excluding hydrogens is 388 g/mol. The summed E-state index contributed by atoms with van der Waals surface area (Å²) >= 11 is 4.30. The van der Waals surface area contributed by atoms with Crippen molar-refractivity contribution in [1.29, 1.82) is 0 Å². The van der Waals surface area contributed by atoms with Crippen LogP contribution in [0.3, 0.4) is 0 Å². The highest BCUT2D eigenvalue weighted by Gasteiger charge is 2.09. The van der Waals surface area contributed by atoms with E-state index in [0.29, 0.717) is 21.5 Å². The number of anilines is 1. The maximum atomic E-state index is 12.1. The summed E-state index contributed by atoms with van der Waals surface area (Å²) in [5.74, 6) is 0.677. The number of carbonyl (C=O) groups is 1. The van der Waals surface area contributed by atoms with Crippen LogP contribution < -0.4 is 10.9 Å². The molecule has 6 nitrogen and oxygen atoms in total. The number of fused-ring (bicyclic) bond motifs is 2. The van der Waals surface area contributed by atoms with Crippen molar-refractivity contribution in [2.45, 2.75) is 12.7 Å². The van der Waals surface area contributed by atoms with Crippen LogP contribution >= 0.6 is 34.4 Å². The zero-order chi connectivity index (χ0) is 18.1. The van der Waals surface area contributed by atoms with Crippen molar-refractivity contribution >= 4 is 60.7 Å². The normalized spacial score (nSPS) is 11.3. The highest BCUT2D eigenvalue weighted by molar-refractivity contribution is 7.99. The van der Waals surface area contributed by atoms with Crippen molar-refractivity contribution < 1.29 is 4.79 Å². The number of nitrogens with one attached hydrogen (secondary N) is 1. The lowest BCUT2D eigenvalue weighted by atomic mass is 10.2. The van der Waals surface area contributed by atoms with Crippen molar-refractivity contribution in [3.05, 3.63) is 57.5 Å². The molecule has 0 radical (unpaired) electrons. The number of benzene rings is 1. The van der Waals surface area contributed by atoms with Gasteiger partial charge in [0.15, 0.2) is 10.1 Å². The Kier molecular flexibility index (Phi) is 4.75. The Balaban J connectivity index is 1.36. The monoisotopic (exact) mass is 402 g/mol. The molecule has 1 amide bonds. The summed E-state index contributed by atoms with van der Waals surface area (Å²) in [5, 5.41) is 5.27. The Labute approximate surface area is 160 Å². The van der Waals surface area contributed by atoms with Gasteiger partial charge in [-0.25, -0.2) is 9.97 Å². The van der Waals surface area contributed by atoms with Crippen LogP contribution in [0.2, 0.25) is 0 Å². The fourth-order valence-electron chi connectivity index (χ4n) is 2.45. The molecular formula is C17H14N4O2S3. The molecule has 4 rings (SSSR count). The van der Waals surface area contributed by atoms with Crippen molar-refractivity contribution in [2.75, 3.05) is 11.1 Å². The average molecular weight is 403 g/mol. The molecule has 0 aliphatic carbocycles. The fourth-order valence-corrected chi connectivity index (χ4v) is 4.89. The molecule has 0 fully saturated rings. The average Bonchev–Trinajstić information content (AvgIpc) is 3.20. The van der Waals surface area contributed by atoms with E-state index < -0.39 is 0 Å². The number of rotatable bonds is 5. The van der Waals surface area contributed by atoms with E-state index in [2.05, 4.69) is 21.4 Å². The lowest BCUT2D eigenvalue weighted by molar-refractivity contribution is -0.113. The van der Waals surface area contributed by atoms with Gasteiger partial charge in [-0.1, -0.05) is 17.4 Å². The number of nitrogens with zero attached hydrogens (tertiary/aromatic N) is 3. The summed E-state index contributed by atoms with van der Waals surface area (Å²) in [6, 6.07) is 7.53. The summed E-state index contributed by atoms with van der Waals surface area (Å²) in [6.45, 7) is 2.03. The minimum atomic E-state index is -0.111. The summed E-state index contributed by atoms with van der Waals surface area (Å²) < 4.78 is 2.57. The van der Waals surface area contributed by atoms with E-state index in [1.54, 1.807) is 6.20 Å². The van der Waals surface area contributed by atoms with Crippen LogP contribution in [0, 0.1) is 6.92 Å². The Morgan fingerprint density at radius 2 is 2.19 bits per heavy atom. The number of aromatic nitrogens is 3. The van der Waals surface area contributed by atoms with Gasteiger partial charge in [0.2, 0.25) is 5.91 Å². The van der Waals surface area contributed by atoms with Crippen LogP contribution in [0.15, 0.2) is 40.6 Å². The minimum Gasteiger partial charge on any atom is -0.301 e. The molecule has 132 valence electrons. The van der Waals surface area contributed by atoms with E-state index in [-0.39, 0.29) is 17.2 Å². The maximum Gasteiger partial charge on any atom is 0.258 e. The molecule has 0 unspecified atom stereocenters. The van der Waals surface area contributed by atoms with Gasteiger partial charge in [-0.15, -0.1) is 23.1 Å². The van der Waals surface area contributed by atoms with Gasteiger partial charge < -0.3 is 5.32 Å². The van der Waals surface area contributed by atoms with Crippen molar-refractivity contribution in [3.8, 4) is 0 Å². The molecule has 1 N–H and O–H groups in total. The van der Waals surface area contributed by atoms with E-state index in [4.69, 9.17) is 0 Å². The molecule has 1 aromatic carbocycles. The van der Waals surface area contributed by atoms with Gasteiger partial charge >= 0.3 is 0 Å². The zero-order valence-corrected chi connectivity index (χ0v) is 16.2. The molecule has 0 atom stereocenters. The minimum absolute atomic E-state index is 0.0962. The van der Waals surface area contributed by atoms with E-state index in [1.807, 2.05) is 24.4 Å². The maximum absolute atomic E-state index is 12.1. The third-order valence-electron chi connectivity index (χ3n) is 3.63. The van der Waals surface area contributed by atoms with Gasteiger partial charge in [0.1, 0.15) is 0 Å². The Morgan fingerprint density at radius 1 is 1.31 bits per heavy atom. The summed E-state index contributed by atoms with van der Waals surface area (Å²) in [4.78, 5) is 33.6. The Morgan fingerprint density at radius 3 is 3.08 bits per heavy atom. The van der Waals surface area contributed by atoms with Crippen LogP contribution in [0.1, 0.15) is 11.3 Å². The zero-order valence-electron chi connectivity index (χ0n) is 13.8. The molecule has 4 aromatic rings. The van der Waals surface area contributed by atoms with E-state index in [1.165, 1.54) is 50.5 Å².